The van der Waals surface area contributed by atoms with Crippen LogP contribution < -0.4 is 10.1 Å². The van der Waals surface area contributed by atoms with Crippen molar-refractivity contribution in [1.29, 1.82) is 0 Å². The molecule has 106 valence electrons. The van der Waals surface area contributed by atoms with Crippen LogP contribution in [0.2, 0.25) is 0 Å². The third-order valence-corrected chi connectivity index (χ3v) is 2.73. The third-order valence-electron chi connectivity index (χ3n) is 2.73. The quantitative estimate of drug-likeness (QED) is 0.794. The summed E-state index contributed by atoms with van der Waals surface area (Å²) in [7, 11) is 0. The van der Waals surface area contributed by atoms with E-state index in [4.69, 9.17) is 4.74 Å². The second kappa shape index (κ2) is 7.74. The van der Waals surface area contributed by atoms with Crippen LogP contribution in [0.5, 0.6) is 5.75 Å². The minimum Gasteiger partial charge on any atom is -0.481 e. The van der Waals surface area contributed by atoms with Gasteiger partial charge in [-0.15, -0.1) is 0 Å². The van der Waals surface area contributed by atoms with Crippen LogP contribution in [0, 0.1) is 5.82 Å². The molecule has 2 N–H and O–H groups in total. The van der Waals surface area contributed by atoms with E-state index in [1.54, 1.807) is 13.0 Å². The van der Waals surface area contributed by atoms with Gasteiger partial charge in [0.25, 0.3) is 5.91 Å². The van der Waals surface area contributed by atoms with Crippen LogP contribution in [-0.2, 0) is 4.79 Å². The van der Waals surface area contributed by atoms with E-state index >= 15 is 0 Å². The zero-order chi connectivity index (χ0) is 14.3. The molecule has 2 atom stereocenters. The molecule has 0 fully saturated rings. The monoisotopic (exact) mass is 269 g/mol. The van der Waals surface area contributed by atoms with Gasteiger partial charge < -0.3 is 15.2 Å². The van der Waals surface area contributed by atoms with Gasteiger partial charge in [-0.1, -0.05) is 13.0 Å². The zero-order valence-corrected chi connectivity index (χ0v) is 11.2. The Morgan fingerprint density at radius 2 is 2.26 bits per heavy atom. The van der Waals surface area contributed by atoms with Crippen LogP contribution in [0.15, 0.2) is 24.3 Å². The smallest absolute Gasteiger partial charge is 0.260 e. The molecule has 0 aliphatic heterocycles. The molecule has 1 amide bonds. The number of carbonyl (C=O) groups excluding carboxylic acids is 1. The van der Waals surface area contributed by atoms with E-state index < -0.39 is 18.0 Å². The van der Waals surface area contributed by atoms with Crippen molar-refractivity contribution in [2.45, 2.75) is 38.9 Å². The highest BCUT2D eigenvalue weighted by molar-refractivity contribution is 5.80. The summed E-state index contributed by atoms with van der Waals surface area (Å²) in [5.41, 5.74) is 0. The van der Waals surface area contributed by atoms with Crippen LogP contribution in [0.25, 0.3) is 0 Å². The first-order chi connectivity index (χ1) is 9.02. The lowest BCUT2D eigenvalue weighted by atomic mass is 10.2. The van der Waals surface area contributed by atoms with Crippen LogP contribution in [-0.4, -0.2) is 29.8 Å². The minimum atomic E-state index is -0.708. The summed E-state index contributed by atoms with van der Waals surface area (Å²) in [6, 6.07) is 5.65. The summed E-state index contributed by atoms with van der Waals surface area (Å²) in [6.45, 7) is 3.86. The van der Waals surface area contributed by atoms with E-state index in [-0.39, 0.29) is 5.91 Å². The van der Waals surface area contributed by atoms with Gasteiger partial charge in [-0.05, 0) is 31.9 Å². The molecule has 0 aliphatic rings. The van der Waals surface area contributed by atoms with Crippen molar-refractivity contribution in [3.63, 3.8) is 0 Å². The molecule has 0 saturated carbocycles. The summed E-state index contributed by atoms with van der Waals surface area (Å²) in [5.74, 6) is -0.375. The van der Waals surface area contributed by atoms with Crippen molar-refractivity contribution >= 4 is 5.91 Å². The van der Waals surface area contributed by atoms with Crippen molar-refractivity contribution in [3.05, 3.63) is 30.1 Å². The standard InChI is InChI=1S/C14H20FNO3/c1-3-12(17)7-8-16-14(18)10(2)19-13-6-4-5-11(15)9-13/h4-6,9-10,12,17H,3,7-8H2,1-2H3,(H,16,18). The molecule has 0 aliphatic carbocycles. The second-order valence-electron chi connectivity index (χ2n) is 4.36. The predicted octanol–water partition coefficient (Wildman–Crippen LogP) is 1.87. The Morgan fingerprint density at radius 1 is 1.53 bits per heavy atom. The Kier molecular flexibility index (Phi) is 6.29. The third kappa shape index (κ3) is 5.70. The summed E-state index contributed by atoms with van der Waals surface area (Å²) in [5, 5.41) is 12.0. The fourth-order valence-electron chi connectivity index (χ4n) is 1.51. The zero-order valence-electron chi connectivity index (χ0n) is 11.2. The molecule has 1 aromatic carbocycles. The fourth-order valence-corrected chi connectivity index (χ4v) is 1.51. The first-order valence-electron chi connectivity index (χ1n) is 6.41. The first-order valence-corrected chi connectivity index (χ1v) is 6.41. The van der Waals surface area contributed by atoms with E-state index in [2.05, 4.69) is 5.32 Å². The summed E-state index contributed by atoms with van der Waals surface area (Å²) < 4.78 is 18.3. The van der Waals surface area contributed by atoms with E-state index in [1.165, 1.54) is 18.2 Å². The molecule has 1 rings (SSSR count). The Bertz CT molecular complexity index is 411. The highest BCUT2D eigenvalue weighted by Gasteiger charge is 2.14. The lowest BCUT2D eigenvalue weighted by Crippen LogP contribution is -2.37. The van der Waals surface area contributed by atoms with Crippen molar-refractivity contribution in [2.75, 3.05) is 6.54 Å². The maximum Gasteiger partial charge on any atom is 0.260 e. The van der Waals surface area contributed by atoms with Gasteiger partial charge in [-0.3, -0.25) is 4.79 Å². The summed E-state index contributed by atoms with van der Waals surface area (Å²) in [4.78, 5) is 11.7. The Labute approximate surface area is 112 Å². The number of nitrogens with one attached hydrogen (secondary N) is 1. The van der Waals surface area contributed by atoms with Gasteiger partial charge in [0.05, 0.1) is 6.10 Å². The molecule has 19 heavy (non-hydrogen) atoms. The average molecular weight is 269 g/mol. The van der Waals surface area contributed by atoms with Crippen LogP contribution in [0.3, 0.4) is 0 Å². The summed E-state index contributed by atoms with van der Waals surface area (Å²) in [6.07, 6.45) is 0.0560. The van der Waals surface area contributed by atoms with E-state index in [0.29, 0.717) is 25.1 Å². The number of benzene rings is 1. The van der Waals surface area contributed by atoms with Gasteiger partial charge >= 0.3 is 0 Å². The molecular formula is C14H20FNO3. The molecule has 5 heteroatoms. The van der Waals surface area contributed by atoms with Gasteiger partial charge in [-0.25, -0.2) is 4.39 Å². The van der Waals surface area contributed by atoms with Gasteiger partial charge in [0.1, 0.15) is 11.6 Å². The average Bonchev–Trinajstić information content (AvgIpc) is 2.38. The molecule has 0 spiro atoms. The Morgan fingerprint density at radius 3 is 2.89 bits per heavy atom. The molecule has 2 unspecified atom stereocenters. The topological polar surface area (TPSA) is 58.6 Å². The predicted molar refractivity (Wildman–Crippen MR) is 70.4 cm³/mol. The molecule has 0 bridgehead atoms. The van der Waals surface area contributed by atoms with Gasteiger partial charge in [-0.2, -0.15) is 0 Å². The first kappa shape index (κ1) is 15.4. The Balaban J connectivity index is 2.36. The van der Waals surface area contributed by atoms with Crippen LogP contribution >= 0.6 is 0 Å². The summed E-state index contributed by atoms with van der Waals surface area (Å²) >= 11 is 0. The van der Waals surface area contributed by atoms with Gasteiger partial charge in [0.15, 0.2) is 6.10 Å². The van der Waals surface area contributed by atoms with Crippen LogP contribution in [0.1, 0.15) is 26.7 Å². The molecule has 1 aromatic rings. The minimum absolute atomic E-state index is 0.285. The van der Waals surface area contributed by atoms with E-state index in [0.717, 1.165) is 0 Å². The number of rotatable bonds is 7. The van der Waals surface area contributed by atoms with Crippen molar-refractivity contribution in [3.8, 4) is 5.75 Å². The largest absolute Gasteiger partial charge is 0.481 e. The number of ether oxygens (including phenoxy) is 1. The van der Waals surface area contributed by atoms with E-state index in [1.807, 2.05) is 6.92 Å². The molecule has 4 nitrogen and oxygen atoms in total. The molecule has 0 aromatic heterocycles. The highest BCUT2D eigenvalue weighted by Crippen LogP contribution is 2.13. The SMILES string of the molecule is CCC(O)CCNC(=O)C(C)Oc1cccc(F)c1. The molecular weight excluding hydrogens is 249 g/mol. The number of carbonyl (C=O) groups is 1. The molecule has 0 saturated heterocycles. The maximum atomic E-state index is 12.9. The van der Waals surface area contributed by atoms with Crippen molar-refractivity contribution in [2.24, 2.45) is 0 Å². The Hall–Kier alpha value is -1.62. The molecule has 0 radical (unpaired) electrons. The number of amides is 1. The number of hydrogen-bond donors (Lipinski definition) is 2. The number of aliphatic hydroxyl groups is 1. The fraction of sp³-hybridized carbons (Fsp3) is 0.500. The van der Waals surface area contributed by atoms with Crippen molar-refractivity contribution in [1.82, 2.24) is 5.32 Å². The number of aliphatic hydroxyl groups excluding tert-OH is 1. The normalized spacial score (nSPS) is 13.7. The second-order valence-corrected chi connectivity index (χ2v) is 4.36. The lowest BCUT2D eigenvalue weighted by Gasteiger charge is -2.15. The van der Waals surface area contributed by atoms with Gasteiger partial charge in [0, 0.05) is 12.6 Å². The lowest BCUT2D eigenvalue weighted by molar-refractivity contribution is -0.127. The highest BCUT2D eigenvalue weighted by atomic mass is 19.1. The van der Waals surface area contributed by atoms with Crippen molar-refractivity contribution < 1.29 is 19.0 Å². The number of hydrogen-bond acceptors (Lipinski definition) is 3. The van der Waals surface area contributed by atoms with Crippen LogP contribution in [0.4, 0.5) is 4.39 Å². The maximum absolute atomic E-state index is 12.9. The number of halogens is 1. The molecule has 0 heterocycles. The van der Waals surface area contributed by atoms with Gasteiger partial charge in [0.2, 0.25) is 0 Å². The van der Waals surface area contributed by atoms with E-state index in [9.17, 15) is 14.3 Å².